The minimum absolute atomic E-state index is 0.693. The fourth-order valence-corrected chi connectivity index (χ4v) is 2.56. The third kappa shape index (κ3) is 3.62. The number of hydrogen-bond acceptors (Lipinski definition) is 5. The SMILES string of the molecule is Cc1cc(Cc2nc(Cc3cncnc3C)cnc2C)cnc1C. The summed E-state index contributed by atoms with van der Waals surface area (Å²) in [7, 11) is 0. The highest BCUT2D eigenvalue weighted by atomic mass is 14.8. The molecule has 122 valence electrons. The Morgan fingerprint density at radius 1 is 0.792 bits per heavy atom. The molecule has 0 aliphatic heterocycles. The van der Waals surface area contributed by atoms with Crippen LogP contribution in [-0.2, 0) is 12.8 Å². The van der Waals surface area contributed by atoms with E-state index >= 15 is 0 Å². The largest absolute Gasteiger partial charge is 0.261 e. The smallest absolute Gasteiger partial charge is 0.115 e. The number of hydrogen-bond donors (Lipinski definition) is 0. The van der Waals surface area contributed by atoms with E-state index in [0.717, 1.165) is 46.0 Å². The van der Waals surface area contributed by atoms with E-state index in [2.05, 4.69) is 32.9 Å². The average molecular weight is 319 g/mol. The van der Waals surface area contributed by atoms with E-state index in [4.69, 9.17) is 4.98 Å². The van der Waals surface area contributed by atoms with E-state index in [9.17, 15) is 0 Å². The van der Waals surface area contributed by atoms with Crippen LogP contribution in [0.4, 0.5) is 0 Å². The van der Waals surface area contributed by atoms with Gasteiger partial charge in [0.15, 0.2) is 0 Å². The zero-order chi connectivity index (χ0) is 17.1. The lowest BCUT2D eigenvalue weighted by molar-refractivity contribution is 0.902. The van der Waals surface area contributed by atoms with Gasteiger partial charge in [0.1, 0.15) is 6.33 Å². The highest BCUT2D eigenvalue weighted by Crippen LogP contribution is 2.15. The Labute approximate surface area is 142 Å². The van der Waals surface area contributed by atoms with E-state index < -0.39 is 0 Å². The lowest BCUT2D eigenvalue weighted by Crippen LogP contribution is -2.05. The molecule has 0 unspecified atom stereocenters. The third-order valence-electron chi connectivity index (χ3n) is 4.26. The molecule has 0 radical (unpaired) electrons. The topological polar surface area (TPSA) is 64.5 Å². The van der Waals surface area contributed by atoms with E-state index in [1.54, 1.807) is 6.33 Å². The van der Waals surface area contributed by atoms with E-state index in [1.165, 1.54) is 5.56 Å². The van der Waals surface area contributed by atoms with Crippen LogP contribution in [0.25, 0.3) is 0 Å². The summed E-state index contributed by atoms with van der Waals surface area (Å²) in [6, 6.07) is 2.17. The van der Waals surface area contributed by atoms with Crippen LogP contribution in [0.2, 0.25) is 0 Å². The molecule has 0 fully saturated rings. The van der Waals surface area contributed by atoms with Crippen LogP contribution in [0.1, 0.15) is 45.2 Å². The first-order valence-corrected chi connectivity index (χ1v) is 8.02. The number of rotatable bonds is 4. The molecule has 3 aromatic rings. The van der Waals surface area contributed by atoms with Gasteiger partial charge < -0.3 is 0 Å². The molecule has 0 saturated carbocycles. The maximum atomic E-state index is 4.81. The van der Waals surface area contributed by atoms with Gasteiger partial charge in [-0.2, -0.15) is 0 Å². The van der Waals surface area contributed by atoms with Gasteiger partial charge in [-0.25, -0.2) is 9.97 Å². The molecule has 0 saturated heterocycles. The summed E-state index contributed by atoms with van der Waals surface area (Å²) in [5.74, 6) is 0. The fourth-order valence-electron chi connectivity index (χ4n) is 2.56. The Bertz CT molecular complexity index is 873. The predicted molar refractivity (Wildman–Crippen MR) is 92.9 cm³/mol. The minimum atomic E-state index is 0.693. The first kappa shape index (κ1) is 16.2. The summed E-state index contributed by atoms with van der Waals surface area (Å²) >= 11 is 0. The Balaban J connectivity index is 1.86. The summed E-state index contributed by atoms with van der Waals surface area (Å²) in [5.41, 5.74) is 8.37. The molecule has 0 aliphatic carbocycles. The van der Waals surface area contributed by atoms with Gasteiger partial charge in [-0.1, -0.05) is 6.07 Å². The quantitative estimate of drug-likeness (QED) is 0.739. The first-order valence-electron chi connectivity index (χ1n) is 8.02. The molecule has 5 nitrogen and oxygen atoms in total. The monoisotopic (exact) mass is 319 g/mol. The molecule has 3 rings (SSSR count). The van der Waals surface area contributed by atoms with Gasteiger partial charge in [-0.15, -0.1) is 0 Å². The third-order valence-corrected chi connectivity index (χ3v) is 4.26. The van der Waals surface area contributed by atoms with Crippen molar-refractivity contribution in [3.8, 4) is 0 Å². The van der Waals surface area contributed by atoms with Gasteiger partial charge in [0.25, 0.3) is 0 Å². The van der Waals surface area contributed by atoms with Gasteiger partial charge in [-0.3, -0.25) is 15.0 Å². The van der Waals surface area contributed by atoms with Gasteiger partial charge in [0.05, 0.1) is 17.1 Å². The lowest BCUT2D eigenvalue weighted by Gasteiger charge is -2.09. The van der Waals surface area contributed by atoms with Gasteiger partial charge >= 0.3 is 0 Å². The molecular formula is C19H21N5. The molecule has 3 heterocycles. The van der Waals surface area contributed by atoms with Crippen molar-refractivity contribution in [2.45, 2.75) is 40.5 Å². The van der Waals surface area contributed by atoms with Crippen LogP contribution < -0.4 is 0 Å². The van der Waals surface area contributed by atoms with E-state index in [-0.39, 0.29) is 0 Å². The van der Waals surface area contributed by atoms with Crippen molar-refractivity contribution in [3.63, 3.8) is 0 Å². The van der Waals surface area contributed by atoms with Gasteiger partial charge in [0.2, 0.25) is 0 Å². The van der Waals surface area contributed by atoms with Crippen LogP contribution in [0.3, 0.4) is 0 Å². The van der Waals surface area contributed by atoms with Crippen molar-refractivity contribution in [2.75, 3.05) is 0 Å². The summed E-state index contributed by atoms with van der Waals surface area (Å²) < 4.78 is 0. The molecule has 0 aliphatic rings. The normalized spacial score (nSPS) is 10.8. The number of aromatic nitrogens is 5. The standard InChI is InChI=1S/C19H21N5/c1-12-5-16(8-21-13(12)2)6-19-15(4)22-10-18(24-19)7-17-9-20-11-23-14(17)3/h5,8-11H,6-7H2,1-4H3. The molecule has 5 heteroatoms. The molecule has 0 atom stereocenters. The second kappa shape index (κ2) is 6.83. The zero-order valence-corrected chi connectivity index (χ0v) is 14.5. The second-order valence-corrected chi connectivity index (χ2v) is 6.13. The lowest BCUT2D eigenvalue weighted by atomic mass is 10.1. The maximum absolute atomic E-state index is 4.81. The maximum Gasteiger partial charge on any atom is 0.115 e. The summed E-state index contributed by atoms with van der Waals surface area (Å²) in [5, 5.41) is 0. The Kier molecular flexibility index (Phi) is 4.60. The number of pyridine rings is 1. The molecule has 0 aromatic carbocycles. The molecule has 3 aromatic heterocycles. The minimum Gasteiger partial charge on any atom is -0.261 e. The van der Waals surface area contributed by atoms with Crippen LogP contribution in [0.15, 0.2) is 31.0 Å². The van der Waals surface area contributed by atoms with Crippen molar-refractivity contribution < 1.29 is 0 Å². The van der Waals surface area contributed by atoms with Crippen LogP contribution in [-0.4, -0.2) is 24.9 Å². The Hall–Kier alpha value is -2.69. The van der Waals surface area contributed by atoms with E-state index in [1.807, 2.05) is 39.4 Å². The van der Waals surface area contributed by atoms with Crippen molar-refractivity contribution >= 4 is 0 Å². The number of nitrogens with zero attached hydrogens (tertiary/aromatic N) is 5. The zero-order valence-electron chi connectivity index (χ0n) is 14.5. The summed E-state index contributed by atoms with van der Waals surface area (Å²) in [6.45, 7) is 8.09. The predicted octanol–water partition coefficient (Wildman–Crippen LogP) is 3.08. The highest BCUT2D eigenvalue weighted by molar-refractivity contribution is 5.29. The van der Waals surface area contributed by atoms with Crippen molar-refractivity contribution in [1.82, 2.24) is 24.9 Å². The first-order chi connectivity index (χ1) is 11.5. The molecular weight excluding hydrogens is 298 g/mol. The van der Waals surface area contributed by atoms with Crippen molar-refractivity contribution in [3.05, 3.63) is 76.1 Å². The van der Waals surface area contributed by atoms with E-state index in [0.29, 0.717) is 6.42 Å². The molecule has 24 heavy (non-hydrogen) atoms. The molecule has 0 bridgehead atoms. The van der Waals surface area contributed by atoms with Gasteiger partial charge in [-0.05, 0) is 44.4 Å². The van der Waals surface area contributed by atoms with Crippen LogP contribution >= 0.6 is 0 Å². The fraction of sp³-hybridized carbons (Fsp3) is 0.316. The summed E-state index contributed by atoms with van der Waals surface area (Å²) in [6.07, 6.45) is 8.60. The summed E-state index contributed by atoms with van der Waals surface area (Å²) in [4.78, 5) is 22.1. The molecule has 0 spiro atoms. The molecule has 0 N–H and O–H groups in total. The average Bonchev–Trinajstić information content (AvgIpc) is 2.56. The number of aryl methyl sites for hydroxylation is 4. The van der Waals surface area contributed by atoms with Gasteiger partial charge in [0, 0.05) is 42.8 Å². The van der Waals surface area contributed by atoms with Crippen molar-refractivity contribution in [1.29, 1.82) is 0 Å². The van der Waals surface area contributed by atoms with Crippen LogP contribution in [0, 0.1) is 27.7 Å². The molecule has 0 amide bonds. The highest BCUT2D eigenvalue weighted by Gasteiger charge is 2.09. The Morgan fingerprint density at radius 2 is 1.58 bits per heavy atom. The second-order valence-electron chi connectivity index (χ2n) is 6.13. The van der Waals surface area contributed by atoms with Crippen molar-refractivity contribution in [2.24, 2.45) is 0 Å². The van der Waals surface area contributed by atoms with Crippen LogP contribution in [0.5, 0.6) is 0 Å². The Morgan fingerprint density at radius 3 is 2.33 bits per heavy atom.